The lowest BCUT2D eigenvalue weighted by Gasteiger charge is -2.33. The van der Waals surface area contributed by atoms with Crippen LogP contribution in [0.25, 0.3) is 0 Å². The summed E-state index contributed by atoms with van der Waals surface area (Å²) in [6, 6.07) is 6.58. The van der Waals surface area contributed by atoms with Gasteiger partial charge in [0.25, 0.3) is 0 Å². The second-order valence-electron chi connectivity index (χ2n) is 5.90. The molecular formula is C16H26N2O. The number of methoxy groups -OCH3 is 1. The van der Waals surface area contributed by atoms with Crippen LogP contribution in [0.15, 0.2) is 18.2 Å². The highest BCUT2D eigenvalue weighted by atomic mass is 16.5. The molecule has 0 aromatic heterocycles. The first-order chi connectivity index (χ1) is 9.10. The van der Waals surface area contributed by atoms with Gasteiger partial charge in [0.2, 0.25) is 0 Å². The quantitative estimate of drug-likeness (QED) is 0.846. The van der Waals surface area contributed by atoms with Crippen molar-refractivity contribution in [1.82, 2.24) is 4.90 Å². The van der Waals surface area contributed by atoms with Gasteiger partial charge in [0.1, 0.15) is 5.75 Å². The number of nitrogens with two attached hydrogens (primary N) is 1. The molecule has 0 saturated heterocycles. The Labute approximate surface area is 116 Å². The topological polar surface area (TPSA) is 38.5 Å². The van der Waals surface area contributed by atoms with Crippen molar-refractivity contribution in [2.75, 3.05) is 19.9 Å². The van der Waals surface area contributed by atoms with Crippen LogP contribution in [0.2, 0.25) is 0 Å². The number of nitrogens with zero attached hydrogens (tertiary/aromatic N) is 1. The van der Waals surface area contributed by atoms with E-state index >= 15 is 0 Å². The Bertz CT molecular complexity index is 411. The molecule has 0 bridgehead atoms. The third-order valence-corrected chi connectivity index (χ3v) is 4.33. The van der Waals surface area contributed by atoms with Crippen LogP contribution in [0.4, 0.5) is 5.69 Å². The van der Waals surface area contributed by atoms with E-state index in [9.17, 15) is 0 Å². The summed E-state index contributed by atoms with van der Waals surface area (Å²) in [6.07, 6.45) is 5.32. The molecular weight excluding hydrogens is 236 g/mol. The normalized spacial score (nSPS) is 23.6. The first-order valence-electron chi connectivity index (χ1n) is 7.22. The molecule has 1 aliphatic carbocycles. The van der Waals surface area contributed by atoms with E-state index in [1.54, 1.807) is 7.11 Å². The molecule has 1 fully saturated rings. The largest absolute Gasteiger partial charge is 0.496 e. The average Bonchev–Trinajstić information content (AvgIpc) is 2.39. The van der Waals surface area contributed by atoms with Gasteiger partial charge < -0.3 is 10.5 Å². The van der Waals surface area contributed by atoms with E-state index in [-0.39, 0.29) is 0 Å². The summed E-state index contributed by atoms with van der Waals surface area (Å²) < 4.78 is 5.42. The van der Waals surface area contributed by atoms with Gasteiger partial charge in [-0.3, -0.25) is 4.90 Å². The third-order valence-electron chi connectivity index (χ3n) is 4.33. The van der Waals surface area contributed by atoms with Gasteiger partial charge in [-0.15, -0.1) is 0 Å². The van der Waals surface area contributed by atoms with Gasteiger partial charge in [-0.25, -0.2) is 0 Å². The maximum Gasteiger partial charge on any atom is 0.123 e. The molecule has 1 aromatic carbocycles. The maximum absolute atomic E-state index is 5.88. The zero-order valence-corrected chi connectivity index (χ0v) is 12.4. The van der Waals surface area contributed by atoms with Crippen LogP contribution >= 0.6 is 0 Å². The zero-order valence-electron chi connectivity index (χ0n) is 12.4. The van der Waals surface area contributed by atoms with Crippen molar-refractivity contribution >= 4 is 5.69 Å². The van der Waals surface area contributed by atoms with Crippen molar-refractivity contribution in [3.8, 4) is 5.75 Å². The van der Waals surface area contributed by atoms with Gasteiger partial charge in [-0.1, -0.05) is 6.92 Å². The number of nitrogen functional groups attached to an aromatic ring is 1. The standard InChI is InChI=1S/C16H26N2O/c1-12-4-7-15(8-5-12)18(2)11-13-10-14(17)6-9-16(13)19-3/h6,9-10,12,15H,4-5,7-8,11,17H2,1-3H3. The van der Waals surface area contributed by atoms with Crippen LogP contribution in [0.3, 0.4) is 0 Å². The van der Waals surface area contributed by atoms with Crippen molar-refractivity contribution in [3.05, 3.63) is 23.8 Å². The van der Waals surface area contributed by atoms with Crippen molar-refractivity contribution in [1.29, 1.82) is 0 Å². The fourth-order valence-electron chi connectivity index (χ4n) is 3.00. The first-order valence-corrected chi connectivity index (χ1v) is 7.22. The van der Waals surface area contributed by atoms with Crippen molar-refractivity contribution in [3.63, 3.8) is 0 Å². The van der Waals surface area contributed by atoms with Crippen LogP contribution < -0.4 is 10.5 Å². The smallest absolute Gasteiger partial charge is 0.123 e. The third kappa shape index (κ3) is 3.63. The van der Waals surface area contributed by atoms with Gasteiger partial charge in [0.15, 0.2) is 0 Å². The molecule has 3 heteroatoms. The minimum Gasteiger partial charge on any atom is -0.496 e. The molecule has 1 saturated carbocycles. The lowest BCUT2D eigenvalue weighted by Crippen LogP contribution is -2.34. The predicted molar refractivity (Wildman–Crippen MR) is 80.3 cm³/mol. The monoisotopic (exact) mass is 262 g/mol. The van der Waals surface area contributed by atoms with E-state index < -0.39 is 0 Å². The minimum absolute atomic E-state index is 0.697. The molecule has 2 rings (SSSR count). The van der Waals surface area contributed by atoms with Gasteiger partial charge in [0, 0.05) is 23.8 Å². The molecule has 3 nitrogen and oxygen atoms in total. The van der Waals surface area contributed by atoms with E-state index in [4.69, 9.17) is 10.5 Å². The second kappa shape index (κ2) is 6.29. The zero-order chi connectivity index (χ0) is 13.8. The molecule has 0 unspecified atom stereocenters. The molecule has 106 valence electrons. The van der Waals surface area contributed by atoms with Crippen molar-refractivity contribution in [2.24, 2.45) is 5.92 Å². The number of rotatable bonds is 4. The van der Waals surface area contributed by atoms with Crippen LogP contribution in [0.1, 0.15) is 38.2 Å². The number of anilines is 1. The Morgan fingerprint density at radius 3 is 2.58 bits per heavy atom. The first kappa shape index (κ1) is 14.2. The summed E-state index contributed by atoms with van der Waals surface area (Å²) in [4.78, 5) is 2.45. The Kier molecular flexibility index (Phi) is 4.70. The number of ether oxygens (including phenoxy) is 1. The van der Waals surface area contributed by atoms with Gasteiger partial charge in [0.05, 0.1) is 7.11 Å². The minimum atomic E-state index is 0.697. The molecule has 0 spiro atoms. The second-order valence-corrected chi connectivity index (χ2v) is 5.90. The molecule has 0 heterocycles. The Hall–Kier alpha value is -1.22. The Balaban J connectivity index is 2.02. The van der Waals surface area contributed by atoms with Crippen LogP contribution in [0.5, 0.6) is 5.75 Å². The molecule has 1 aliphatic rings. The number of benzene rings is 1. The van der Waals surface area contributed by atoms with E-state index in [0.29, 0.717) is 6.04 Å². The number of hydrogen-bond donors (Lipinski definition) is 1. The molecule has 0 amide bonds. The van der Waals surface area contributed by atoms with E-state index in [2.05, 4.69) is 18.9 Å². The highest BCUT2D eigenvalue weighted by molar-refractivity contribution is 5.47. The van der Waals surface area contributed by atoms with E-state index in [0.717, 1.165) is 23.9 Å². The summed E-state index contributed by atoms with van der Waals surface area (Å²) in [5.74, 6) is 1.83. The van der Waals surface area contributed by atoms with Crippen molar-refractivity contribution in [2.45, 2.75) is 45.2 Å². The summed E-state index contributed by atoms with van der Waals surface area (Å²) in [5, 5.41) is 0. The van der Waals surface area contributed by atoms with E-state index in [1.165, 1.54) is 31.2 Å². The molecule has 2 N–H and O–H groups in total. The highest BCUT2D eigenvalue weighted by Crippen LogP contribution is 2.29. The summed E-state index contributed by atoms with van der Waals surface area (Å²) in [5.41, 5.74) is 7.87. The lowest BCUT2D eigenvalue weighted by molar-refractivity contribution is 0.162. The Morgan fingerprint density at radius 1 is 1.26 bits per heavy atom. The summed E-state index contributed by atoms with van der Waals surface area (Å²) in [7, 11) is 3.93. The summed E-state index contributed by atoms with van der Waals surface area (Å²) in [6.45, 7) is 3.27. The van der Waals surface area contributed by atoms with Crippen molar-refractivity contribution < 1.29 is 4.74 Å². The van der Waals surface area contributed by atoms with E-state index in [1.807, 2.05) is 18.2 Å². The summed E-state index contributed by atoms with van der Waals surface area (Å²) >= 11 is 0. The fourth-order valence-corrected chi connectivity index (χ4v) is 3.00. The van der Waals surface area contributed by atoms with Crippen LogP contribution in [-0.4, -0.2) is 25.1 Å². The predicted octanol–water partition coefficient (Wildman–Crippen LogP) is 3.29. The van der Waals surface area contributed by atoms with Crippen LogP contribution in [-0.2, 0) is 6.54 Å². The molecule has 19 heavy (non-hydrogen) atoms. The molecule has 0 atom stereocenters. The number of hydrogen-bond acceptors (Lipinski definition) is 3. The van der Waals surface area contributed by atoms with Gasteiger partial charge >= 0.3 is 0 Å². The SMILES string of the molecule is COc1ccc(N)cc1CN(C)C1CCC(C)CC1. The maximum atomic E-state index is 5.88. The van der Waals surface area contributed by atoms with Gasteiger partial charge in [-0.05, 0) is 56.8 Å². The fraction of sp³-hybridized carbons (Fsp3) is 0.625. The molecule has 0 radical (unpaired) electrons. The highest BCUT2D eigenvalue weighted by Gasteiger charge is 2.22. The molecule has 1 aromatic rings. The average molecular weight is 262 g/mol. The molecule has 0 aliphatic heterocycles. The Morgan fingerprint density at radius 2 is 1.95 bits per heavy atom. The lowest BCUT2D eigenvalue weighted by atomic mass is 9.86. The van der Waals surface area contributed by atoms with Gasteiger partial charge in [-0.2, -0.15) is 0 Å². The van der Waals surface area contributed by atoms with Crippen LogP contribution in [0, 0.1) is 5.92 Å².